The SMILES string of the molecule is CCCc1ccc(CC(=O)NS(=O)(=O)c2cccc(-c3nc(C)cs3)c2)cc1. The van der Waals surface area contributed by atoms with Crippen LogP contribution in [-0.2, 0) is 27.7 Å². The number of aryl methyl sites for hydroxylation is 2. The van der Waals surface area contributed by atoms with Crippen LogP contribution < -0.4 is 4.72 Å². The zero-order chi connectivity index (χ0) is 20.1. The highest BCUT2D eigenvalue weighted by molar-refractivity contribution is 7.90. The molecule has 1 amide bonds. The van der Waals surface area contributed by atoms with E-state index in [0.29, 0.717) is 5.56 Å². The maximum absolute atomic E-state index is 12.6. The molecule has 28 heavy (non-hydrogen) atoms. The molecule has 3 rings (SSSR count). The fourth-order valence-corrected chi connectivity index (χ4v) is 4.65. The molecule has 0 unspecified atom stereocenters. The predicted molar refractivity (Wildman–Crippen MR) is 112 cm³/mol. The molecule has 0 saturated carbocycles. The highest BCUT2D eigenvalue weighted by atomic mass is 32.2. The molecule has 0 saturated heterocycles. The van der Waals surface area contributed by atoms with Crippen LogP contribution in [0.2, 0.25) is 0 Å². The molecular formula is C21H22N2O3S2. The quantitative estimate of drug-likeness (QED) is 0.631. The fraction of sp³-hybridized carbons (Fsp3) is 0.238. The Kier molecular flexibility index (Phi) is 6.26. The van der Waals surface area contributed by atoms with Gasteiger partial charge < -0.3 is 0 Å². The summed E-state index contributed by atoms with van der Waals surface area (Å²) in [4.78, 5) is 16.7. The largest absolute Gasteiger partial charge is 0.274 e. The molecule has 0 aliphatic carbocycles. The number of nitrogens with zero attached hydrogens (tertiary/aromatic N) is 1. The second-order valence-electron chi connectivity index (χ2n) is 6.59. The number of hydrogen-bond acceptors (Lipinski definition) is 5. The van der Waals surface area contributed by atoms with Crippen molar-refractivity contribution in [3.8, 4) is 10.6 Å². The van der Waals surface area contributed by atoms with Crippen LogP contribution in [0.1, 0.15) is 30.2 Å². The Morgan fingerprint density at radius 2 is 1.82 bits per heavy atom. The van der Waals surface area contributed by atoms with Crippen LogP contribution in [0.3, 0.4) is 0 Å². The summed E-state index contributed by atoms with van der Waals surface area (Å²) in [7, 11) is -3.94. The first-order valence-corrected chi connectivity index (χ1v) is 11.4. The lowest BCUT2D eigenvalue weighted by Gasteiger charge is -2.08. The van der Waals surface area contributed by atoms with Crippen molar-refractivity contribution in [1.82, 2.24) is 9.71 Å². The molecule has 3 aromatic rings. The van der Waals surface area contributed by atoms with E-state index in [9.17, 15) is 13.2 Å². The first-order chi connectivity index (χ1) is 13.4. The van der Waals surface area contributed by atoms with E-state index in [-0.39, 0.29) is 11.3 Å². The summed E-state index contributed by atoms with van der Waals surface area (Å²) in [5, 5.41) is 2.65. The molecule has 1 heterocycles. The maximum atomic E-state index is 12.6. The molecule has 0 bridgehead atoms. The number of amides is 1. The number of carbonyl (C=O) groups excluding carboxylic acids is 1. The third-order valence-corrected chi connectivity index (χ3v) is 6.56. The monoisotopic (exact) mass is 414 g/mol. The zero-order valence-corrected chi connectivity index (χ0v) is 17.4. The lowest BCUT2D eigenvalue weighted by molar-refractivity contribution is -0.118. The first-order valence-electron chi connectivity index (χ1n) is 9.03. The van der Waals surface area contributed by atoms with Crippen molar-refractivity contribution in [3.63, 3.8) is 0 Å². The maximum Gasteiger partial charge on any atom is 0.264 e. The van der Waals surface area contributed by atoms with E-state index in [1.165, 1.54) is 29.0 Å². The molecule has 1 N–H and O–H groups in total. The van der Waals surface area contributed by atoms with Gasteiger partial charge in [0.15, 0.2) is 0 Å². The number of carbonyl (C=O) groups is 1. The number of sulfonamides is 1. The molecule has 0 aliphatic heterocycles. The Balaban J connectivity index is 1.71. The number of rotatable bonds is 7. The van der Waals surface area contributed by atoms with Crippen LogP contribution in [0, 0.1) is 6.92 Å². The summed E-state index contributed by atoms with van der Waals surface area (Å²) in [6.07, 6.45) is 2.05. The third-order valence-electron chi connectivity index (χ3n) is 4.18. The molecule has 7 heteroatoms. The predicted octanol–water partition coefficient (Wildman–Crippen LogP) is 4.12. The number of nitrogens with one attached hydrogen (secondary N) is 1. The second kappa shape index (κ2) is 8.67. The summed E-state index contributed by atoms with van der Waals surface area (Å²) in [5.74, 6) is -0.557. The van der Waals surface area contributed by atoms with E-state index >= 15 is 0 Å². The topological polar surface area (TPSA) is 76.1 Å². The van der Waals surface area contributed by atoms with Crippen molar-refractivity contribution in [2.75, 3.05) is 0 Å². The zero-order valence-electron chi connectivity index (χ0n) is 15.8. The Hall–Kier alpha value is -2.51. The van der Waals surface area contributed by atoms with Crippen LogP contribution in [0.5, 0.6) is 0 Å². The number of aromatic nitrogens is 1. The van der Waals surface area contributed by atoms with Crippen molar-refractivity contribution in [2.24, 2.45) is 0 Å². The van der Waals surface area contributed by atoms with Gasteiger partial charge in [0.1, 0.15) is 5.01 Å². The van der Waals surface area contributed by atoms with Gasteiger partial charge in [-0.15, -0.1) is 11.3 Å². The molecule has 5 nitrogen and oxygen atoms in total. The molecule has 0 fully saturated rings. The molecule has 2 aromatic carbocycles. The lowest BCUT2D eigenvalue weighted by atomic mass is 10.1. The van der Waals surface area contributed by atoms with Gasteiger partial charge in [-0.25, -0.2) is 18.1 Å². The van der Waals surface area contributed by atoms with Crippen molar-refractivity contribution >= 4 is 27.3 Å². The molecule has 0 spiro atoms. The van der Waals surface area contributed by atoms with E-state index in [1.54, 1.807) is 12.1 Å². The van der Waals surface area contributed by atoms with Gasteiger partial charge in [0.05, 0.1) is 11.3 Å². The van der Waals surface area contributed by atoms with Crippen LogP contribution in [0.4, 0.5) is 0 Å². The second-order valence-corrected chi connectivity index (χ2v) is 9.13. The Morgan fingerprint density at radius 1 is 1.11 bits per heavy atom. The van der Waals surface area contributed by atoms with Gasteiger partial charge in [0.2, 0.25) is 5.91 Å². The number of hydrogen-bond donors (Lipinski definition) is 1. The standard InChI is InChI=1S/C21H22N2O3S2/c1-3-5-16-8-10-17(11-9-16)12-20(24)23-28(25,26)19-7-4-6-18(13-19)21-22-15(2)14-27-21/h4,6-11,13-14H,3,5,12H2,1-2H3,(H,23,24). The summed E-state index contributed by atoms with van der Waals surface area (Å²) in [5.41, 5.74) is 3.57. The van der Waals surface area contributed by atoms with Gasteiger partial charge in [-0.2, -0.15) is 0 Å². The minimum absolute atomic E-state index is 0.0109. The van der Waals surface area contributed by atoms with Gasteiger partial charge in [-0.05, 0) is 36.6 Å². The van der Waals surface area contributed by atoms with E-state index in [1.807, 2.05) is 36.6 Å². The molecule has 0 atom stereocenters. The van der Waals surface area contributed by atoms with E-state index in [2.05, 4.69) is 16.6 Å². The molecule has 0 radical (unpaired) electrons. The van der Waals surface area contributed by atoms with Crippen LogP contribution in [-0.4, -0.2) is 19.3 Å². The van der Waals surface area contributed by atoms with E-state index < -0.39 is 15.9 Å². The fourth-order valence-electron chi connectivity index (χ4n) is 2.83. The van der Waals surface area contributed by atoms with Gasteiger partial charge in [-0.3, -0.25) is 4.79 Å². The van der Waals surface area contributed by atoms with Crippen molar-refractivity contribution < 1.29 is 13.2 Å². The third kappa shape index (κ3) is 5.05. The van der Waals surface area contributed by atoms with Gasteiger partial charge >= 0.3 is 0 Å². The summed E-state index contributed by atoms with van der Waals surface area (Å²) >= 11 is 1.45. The average molecular weight is 415 g/mol. The first kappa shape index (κ1) is 20.2. The molecule has 146 valence electrons. The number of benzene rings is 2. The Bertz CT molecular complexity index is 1070. The van der Waals surface area contributed by atoms with Gasteiger partial charge in [0, 0.05) is 16.6 Å². The van der Waals surface area contributed by atoms with Crippen molar-refractivity contribution in [1.29, 1.82) is 0 Å². The van der Waals surface area contributed by atoms with Gasteiger partial charge in [0.25, 0.3) is 10.0 Å². The van der Waals surface area contributed by atoms with Crippen LogP contribution in [0.25, 0.3) is 10.6 Å². The molecular weight excluding hydrogens is 392 g/mol. The van der Waals surface area contributed by atoms with Crippen molar-refractivity contribution in [3.05, 3.63) is 70.7 Å². The highest BCUT2D eigenvalue weighted by Gasteiger charge is 2.19. The minimum Gasteiger partial charge on any atom is -0.274 e. The normalized spacial score (nSPS) is 11.4. The highest BCUT2D eigenvalue weighted by Crippen LogP contribution is 2.25. The van der Waals surface area contributed by atoms with E-state index in [0.717, 1.165) is 29.1 Å². The Morgan fingerprint density at radius 3 is 2.46 bits per heavy atom. The van der Waals surface area contributed by atoms with Crippen molar-refractivity contribution in [2.45, 2.75) is 38.0 Å². The minimum atomic E-state index is -3.94. The molecule has 0 aliphatic rings. The Labute approximate surface area is 169 Å². The van der Waals surface area contributed by atoms with Crippen LogP contribution in [0.15, 0.2) is 58.8 Å². The number of thiazole rings is 1. The van der Waals surface area contributed by atoms with Gasteiger partial charge in [-0.1, -0.05) is 49.7 Å². The van der Waals surface area contributed by atoms with Crippen LogP contribution >= 0.6 is 11.3 Å². The summed E-state index contributed by atoms with van der Waals surface area (Å²) < 4.78 is 27.4. The molecule has 1 aromatic heterocycles. The summed E-state index contributed by atoms with van der Waals surface area (Å²) in [6, 6.07) is 14.1. The van der Waals surface area contributed by atoms with E-state index in [4.69, 9.17) is 0 Å². The average Bonchev–Trinajstić information content (AvgIpc) is 3.10. The summed E-state index contributed by atoms with van der Waals surface area (Å²) in [6.45, 7) is 3.99. The lowest BCUT2D eigenvalue weighted by Crippen LogP contribution is -2.31. The smallest absolute Gasteiger partial charge is 0.264 e.